The second-order valence-electron chi connectivity index (χ2n) is 5.14. The van der Waals surface area contributed by atoms with Gasteiger partial charge in [0.15, 0.2) is 0 Å². The van der Waals surface area contributed by atoms with E-state index in [0.29, 0.717) is 5.02 Å². The molecule has 0 saturated carbocycles. The van der Waals surface area contributed by atoms with E-state index < -0.39 is 0 Å². The average molecular weight is 299 g/mol. The van der Waals surface area contributed by atoms with Crippen LogP contribution < -0.4 is 14.8 Å². The maximum atomic E-state index is 6.37. The number of piperazine rings is 1. The summed E-state index contributed by atoms with van der Waals surface area (Å²) in [5.41, 5.74) is 3.19. The van der Waals surface area contributed by atoms with Crippen molar-refractivity contribution in [2.45, 2.75) is 20.4 Å². The molecule has 0 bridgehead atoms. The van der Waals surface area contributed by atoms with Gasteiger partial charge in [-0.1, -0.05) is 11.6 Å². The molecule has 0 unspecified atom stereocenters. The number of hydrogen-bond acceptors (Lipinski definition) is 4. The summed E-state index contributed by atoms with van der Waals surface area (Å²) in [5, 5.41) is 4.01. The van der Waals surface area contributed by atoms with Crippen molar-refractivity contribution in [1.29, 1.82) is 0 Å². The second-order valence-corrected chi connectivity index (χ2v) is 5.51. The van der Waals surface area contributed by atoms with Crippen LogP contribution in [0.2, 0.25) is 5.02 Å². The summed E-state index contributed by atoms with van der Waals surface area (Å²) in [6.45, 7) is 9.05. The van der Waals surface area contributed by atoms with Gasteiger partial charge in [0.1, 0.15) is 11.5 Å². The molecular formula is C15H23ClN2O2. The van der Waals surface area contributed by atoms with Crippen molar-refractivity contribution >= 4 is 11.6 Å². The topological polar surface area (TPSA) is 33.7 Å². The number of nitrogens with zero attached hydrogens (tertiary/aromatic N) is 1. The molecule has 112 valence electrons. The van der Waals surface area contributed by atoms with Crippen molar-refractivity contribution in [1.82, 2.24) is 10.2 Å². The van der Waals surface area contributed by atoms with E-state index in [1.165, 1.54) is 5.56 Å². The molecule has 4 nitrogen and oxygen atoms in total. The fraction of sp³-hybridized carbons (Fsp3) is 0.600. The van der Waals surface area contributed by atoms with Crippen LogP contribution in [0, 0.1) is 13.8 Å². The van der Waals surface area contributed by atoms with Crippen LogP contribution in [0.3, 0.4) is 0 Å². The number of hydrogen-bond donors (Lipinski definition) is 1. The molecule has 1 aliphatic heterocycles. The first-order valence-electron chi connectivity index (χ1n) is 6.92. The lowest BCUT2D eigenvalue weighted by Crippen LogP contribution is -2.43. The highest BCUT2D eigenvalue weighted by Crippen LogP contribution is 2.41. The van der Waals surface area contributed by atoms with Gasteiger partial charge in [-0.25, -0.2) is 0 Å². The molecule has 0 aliphatic carbocycles. The summed E-state index contributed by atoms with van der Waals surface area (Å²) in [4.78, 5) is 2.42. The van der Waals surface area contributed by atoms with Gasteiger partial charge >= 0.3 is 0 Å². The lowest BCUT2D eigenvalue weighted by Gasteiger charge is -2.29. The average Bonchev–Trinajstić information content (AvgIpc) is 2.47. The Morgan fingerprint density at radius 2 is 1.65 bits per heavy atom. The van der Waals surface area contributed by atoms with Gasteiger partial charge in [-0.15, -0.1) is 0 Å². The largest absolute Gasteiger partial charge is 0.496 e. The standard InChI is InChI=1S/C15H23ClN2O2/c1-10-12(9-18-7-5-17-6-8-18)14(19-3)11(2)13(16)15(10)20-4/h17H,5-9H2,1-4H3. The maximum Gasteiger partial charge on any atom is 0.141 e. The fourth-order valence-corrected chi connectivity index (χ4v) is 3.08. The van der Waals surface area contributed by atoms with Gasteiger partial charge in [-0.3, -0.25) is 4.90 Å². The second kappa shape index (κ2) is 6.66. The van der Waals surface area contributed by atoms with Crippen molar-refractivity contribution < 1.29 is 9.47 Å². The highest BCUT2D eigenvalue weighted by atomic mass is 35.5. The Labute approximate surface area is 126 Å². The number of nitrogens with one attached hydrogen (secondary N) is 1. The fourth-order valence-electron chi connectivity index (χ4n) is 2.77. The Hall–Kier alpha value is -0.970. The Kier molecular flexibility index (Phi) is 5.13. The molecule has 0 amide bonds. The normalized spacial score (nSPS) is 16.2. The van der Waals surface area contributed by atoms with Crippen LogP contribution in [-0.2, 0) is 6.54 Å². The Morgan fingerprint density at radius 1 is 1.05 bits per heavy atom. The third-order valence-corrected chi connectivity index (χ3v) is 4.39. The first-order valence-corrected chi connectivity index (χ1v) is 7.30. The molecule has 1 aliphatic rings. The molecule has 1 aromatic rings. The molecular weight excluding hydrogens is 276 g/mol. The third kappa shape index (κ3) is 2.87. The molecule has 20 heavy (non-hydrogen) atoms. The molecule has 0 aromatic heterocycles. The van der Waals surface area contributed by atoms with Gasteiger partial charge in [0.05, 0.1) is 19.2 Å². The zero-order valence-electron chi connectivity index (χ0n) is 12.7. The minimum absolute atomic E-state index is 0.644. The van der Waals surface area contributed by atoms with Crippen molar-refractivity contribution in [3.8, 4) is 11.5 Å². The van der Waals surface area contributed by atoms with Crippen LogP contribution in [0.25, 0.3) is 0 Å². The smallest absolute Gasteiger partial charge is 0.141 e. The zero-order valence-corrected chi connectivity index (χ0v) is 13.4. The summed E-state index contributed by atoms with van der Waals surface area (Å²) in [6, 6.07) is 0. The van der Waals surface area contributed by atoms with Crippen molar-refractivity contribution in [3.05, 3.63) is 21.7 Å². The van der Waals surface area contributed by atoms with Gasteiger partial charge in [0, 0.05) is 49.4 Å². The number of rotatable bonds is 4. The van der Waals surface area contributed by atoms with Gasteiger partial charge < -0.3 is 14.8 Å². The Morgan fingerprint density at radius 3 is 2.20 bits per heavy atom. The van der Waals surface area contributed by atoms with E-state index in [1.807, 2.05) is 13.8 Å². The monoisotopic (exact) mass is 298 g/mol. The highest BCUT2D eigenvalue weighted by Gasteiger charge is 2.22. The number of ether oxygens (including phenoxy) is 2. The van der Waals surface area contributed by atoms with Crippen molar-refractivity contribution in [2.75, 3.05) is 40.4 Å². The van der Waals surface area contributed by atoms with E-state index in [2.05, 4.69) is 10.2 Å². The number of methoxy groups -OCH3 is 2. The number of halogens is 1. The summed E-state index contributed by atoms with van der Waals surface area (Å²) in [5.74, 6) is 1.64. The Balaban J connectivity index is 2.41. The first-order chi connectivity index (χ1) is 9.60. The molecule has 2 rings (SSSR count). The lowest BCUT2D eigenvalue weighted by molar-refractivity contribution is 0.229. The highest BCUT2D eigenvalue weighted by molar-refractivity contribution is 6.33. The quantitative estimate of drug-likeness (QED) is 0.925. The molecule has 1 N–H and O–H groups in total. The van der Waals surface area contributed by atoms with Gasteiger partial charge in [-0.2, -0.15) is 0 Å². The van der Waals surface area contributed by atoms with Crippen LogP contribution in [0.5, 0.6) is 11.5 Å². The molecule has 1 fully saturated rings. The molecule has 1 saturated heterocycles. The molecule has 0 radical (unpaired) electrons. The molecule has 0 atom stereocenters. The predicted octanol–water partition coefficient (Wildman–Crippen LogP) is 2.38. The van der Waals surface area contributed by atoms with Crippen LogP contribution in [0.1, 0.15) is 16.7 Å². The van der Waals surface area contributed by atoms with E-state index in [-0.39, 0.29) is 0 Å². The van der Waals surface area contributed by atoms with Crippen LogP contribution in [-0.4, -0.2) is 45.3 Å². The van der Waals surface area contributed by atoms with Crippen molar-refractivity contribution in [2.24, 2.45) is 0 Å². The molecule has 5 heteroatoms. The van der Waals surface area contributed by atoms with E-state index in [1.54, 1.807) is 14.2 Å². The Bertz CT molecular complexity index is 485. The zero-order chi connectivity index (χ0) is 14.7. The van der Waals surface area contributed by atoms with E-state index >= 15 is 0 Å². The number of benzene rings is 1. The van der Waals surface area contributed by atoms with E-state index in [4.69, 9.17) is 21.1 Å². The van der Waals surface area contributed by atoms with Gasteiger partial charge in [0.2, 0.25) is 0 Å². The maximum absolute atomic E-state index is 6.37. The van der Waals surface area contributed by atoms with Crippen LogP contribution in [0.4, 0.5) is 0 Å². The predicted molar refractivity (Wildman–Crippen MR) is 82.2 cm³/mol. The minimum Gasteiger partial charge on any atom is -0.496 e. The molecule has 0 spiro atoms. The summed E-state index contributed by atoms with van der Waals surface area (Å²) in [6.07, 6.45) is 0. The van der Waals surface area contributed by atoms with Gasteiger partial charge in [-0.05, 0) is 13.8 Å². The van der Waals surface area contributed by atoms with E-state index in [9.17, 15) is 0 Å². The van der Waals surface area contributed by atoms with Crippen LogP contribution in [0.15, 0.2) is 0 Å². The first kappa shape index (κ1) is 15.4. The minimum atomic E-state index is 0.644. The molecule has 1 heterocycles. The summed E-state index contributed by atoms with van der Waals surface area (Å²) < 4.78 is 11.1. The molecule has 1 aromatic carbocycles. The van der Waals surface area contributed by atoms with Crippen molar-refractivity contribution in [3.63, 3.8) is 0 Å². The third-order valence-electron chi connectivity index (χ3n) is 3.94. The van der Waals surface area contributed by atoms with Crippen LogP contribution >= 0.6 is 11.6 Å². The van der Waals surface area contributed by atoms with Gasteiger partial charge in [0.25, 0.3) is 0 Å². The lowest BCUT2D eigenvalue weighted by atomic mass is 10.0. The summed E-state index contributed by atoms with van der Waals surface area (Å²) in [7, 11) is 3.36. The van der Waals surface area contributed by atoms with E-state index in [0.717, 1.165) is 55.3 Å². The summed E-state index contributed by atoms with van der Waals surface area (Å²) >= 11 is 6.37. The SMILES string of the molecule is COc1c(C)c(CN2CCNCC2)c(OC)c(C)c1Cl.